The lowest BCUT2D eigenvalue weighted by molar-refractivity contribution is 0.300. The minimum absolute atomic E-state index is 0.147. The van der Waals surface area contributed by atoms with E-state index in [-0.39, 0.29) is 12.4 Å². The largest absolute Gasteiger partial charge is 0.489 e. The van der Waals surface area contributed by atoms with Gasteiger partial charge in [-0.2, -0.15) is 0 Å². The highest BCUT2D eigenvalue weighted by atomic mass is 79.9. The zero-order valence-electron chi connectivity index (χ0n) is 10.9. The van der Waals surface area contributed by atoms with E-state index >= 15 is 0 Å². The van der Waals surface area contributed by atoms with Crippen LogP contribution in [0.3, 0.4) is 0 Å². The van der Waals surface area contributed by atoms with Gasteiger partial charge in [-0.1, -0.05) is 39.7 Å². The number of ether oxygens (including phenoxy) is 1. The zero-order valence-corrected chi connectivity index (χ0v) is 13.3. The van der Waals surface area contributed by atoms with Crippen LogP contribution in [0.25, 0.3) is 10.8 Å². The Labute approximate surface area is 135 Å². The van der Waals surface area contributed by atoms with Crippen molar-refractivity contribution in [3.05, 3.63) is 75.5 Å². The Hall–Kier alpha value is -1.58. The normalized spacial score (nSPS) is 10.8. The molecule has 3 rings (SSSR count). The van der Waals surface area contributed by atoms with Crippen LogP contribution in [0.15, 0.2) is 59.1 Å². The van der Waals surface area contributed by atoms with Crippen molar-refractivity contribution in [2.75, 3.05) is 0 Å². The first-order chi connectivity index (χ1) is 10.1. The average molecular weight is 366 g/mol. The van der Waals surface area contributed by atoms with E-state index in [0.29, 0.717) is 16.3 Å². The quantitative estimate of drug-likeness (QED) is 0.555. The Kier molecular flexibility index (Phi) is 4.13. The van der Waals surface area contributed by atoms with Crippen LogP contribution in [-0.2, 0) is 6.61 Å². The summed E-state index contributed by atoms with van der Waals surface area (Å²) < 4.78 is 20.3. The number of benzene rings is 3. The van der Waals surface area contributed by atoms with Crippen molar-refractivity contribution < 1.29 is 9.13 Å². The molecule has 0 N–H and O–H groups in total. The van der Waals surface area contributed by atoms with Gasteiger partial charge in [0.1, 0.15) is 18.2 Å². The molecular weight excluding hydrogens is 355 g/mol. The molecule has 0 aromatic heterocycles. The standard InChI is InChI=1S/C17H11BrClFO/c18-14-3-1-12-9-16(5-2-11(12)7-14)21-10-13-8-15(19)4-6-17(13)20/h1-9H,10H2. The van der Waals surface area contributed by atoms with Crippen molar-refractivity contribution >= 4 is 38.3 Å². The van der Waals surface area contributed by atoms with E-state index in [2.05, 4.69) is 15.9 Å². The summed E-state index contributed by atoms with van der Waals surface area (Å²) in [5.74, 6) is 0.383. The van der Waals surface area contributed by atoms with Crippen molar-refractivity contribution in [1.82, 2.24) is 0 Å². The van der Waals surface area contributed by atoms with Crippen LogP contribution in [0.2, 0.25) is 5.02 Å². The summed E-state index contributed by atoms with van der Waals surface area (Å²) >= 11 is 9.31. The topological polar surface area (TPSA) is 9.23 Å². The maximum Gasteiger partial charge on any atom is 0.129 e. The van der Waals surface area contributed by atoms with Crippen molar-refractivity contribution in [1.29, 1.82) is 0 Å². The Morgan fingerprint density at radius 2 is 1.71 bits per heavy atom. The lowest BCUT2D eigenvalue weighted by Crippen LogP contribution is -1.98. The third-order valence-electron chi connectivity index (χ3n) is 3.18. The molecule has 1 nitrogen and oxygen atoms in total. The monoisotopic (exact) mass is 364 g/mol. The Bertz CT molecular complexity index is 804. The number of rotatable bonds is 3. The molecule has 0 atom stereocenters. The minimum atomic E-state index is -0.316. The third-order valence-corrected chi connectivity index (χ3v) is 3.90. The molecule has 0 saturated heterocycles. The summed E-state index contributed by atoms with van der Waals surface area (Å²) in [5.41, 5.74) is 0.443. The fraction of sp³-hybridized carbons (Fsp3) is 0.0588. The van der Waals surface area contributed by atoms with Crippen LogP contribution in [0.4, 0.5) is 4.39 Å². The molecule has 4 heteroatoms. The number of halogens is 3. The van der Waals surface area contributed by atoms with Crippen molar-refractivity contribution in [3.63, 3.8) is 0 Å². The summed E-state index contributed by atoms with van der Waals surface area (Å²) in [6, 6.07) is 16.2. The molecule has 0 saturated carbocycles. The second-order valence-corrected chi connectivity index (χ2v) is 6.03. The molecule has 0 aliphatic rings. The fourth-order valence-corrected chi connectivity index (χ4v) is 2.67. The molecule has 0 unspecified atom stereocenters. The lowest BCUT2D eigenvalue weighted by Gasteiger charge is -2.09. The van der Waals surface area contributed by atoms with Gasteiger partial charge in [0.05, 0.1) is 0 Å². The van der Waals surface area contributed by atoms with Gasteiger partial charge in [-0.15, -0.1) is 0 Å². The van der Waals surface area contributed by atoms with Gasteiger partial charge in [0.2, 0.25) is 0 Å². The molecule has 106 valence electrons. The first-order valence-electron chi connectivity index (χ1n) is 6.38. The molecule has 0 fully saturated rings. The van der Waals surface area contributed by atoms with Crippen LogP contribution in [0, 0.1) is 5.82 Å². The first kappa shape index (κ1) is 14.4. The molecule has 3 aromatic carbocycles. The van der Waals surface area contributed by atoms with E-state index in [4.69, 9.17) is 16.3 Å². The molecule has 0 aliphatic heterocycles. The van der Waals surface area contributed by atoms with Crippen LogP contribution >= 0.6 is 27.5 Å². The van der Waals surface area contributed by atoms with E-state index in [1.54, 1.807) is 6.07 Å². The molecule has 3 aromatic rings. The smallest absolute Gasteiger partial charge is 0.129 e. The highest BCUT2D eigenvalue weighted by Gasteiger charge is 2.05. The second-order valence-electron chi connectivity index (χ2n) is 4.68. The molecule has 0 bridgehead atoms. The van der Waals surface area contributed by atoms with Gasteiger partial charge >= 0.3 is 0 Å². The fourth-order valence-electron chi connectivity index (χ4n) is 2.10. The minimum Gasteiger partial charge on any atom is -0.489 e. The van der Waals surface area contributed by atoms with Crippen LogP contribution in [0.1, 0.15) is 5.56 Å². The van der Waals surface area contributed by atoms with Gasteiger partial charge in [0.15, 0.2) is 0 Å². The Morgan fingerprint density at radius 1 is 0.952 bits per heavy atom. The second kappa shape index (κ2) is 6.04. The highest BCUT2D eigenvalue weighted by Crippen LogP contribution is 2.25. The lowest BCUT2D eigenvalue weighted by atomic mass is 10.1. The molecule has 0 aliphatic carbocycles. The Balaban J connectivity index is 1.82. The van der Waals surface area contributed by atoms with Gasteiger partial charge in [0.25, 0.3) is 0 Å². The maximum atomic E-state index is 13.6. The van der Waals surface area contributed by atoms with E-state index in [1.807, 2.05) is 36.4 Å². The van der Waals surface area contributed by atoms with Gasteiger partial charge in [-0.05, 0) is 53.2 Å². The summed E-state index contributed by atoms with van der Waals surface area (Å²) in [6.45, 7) is 0.147. The van der Waals surface area contributed by atoms with Gasteiger partial charge in [-0.25, -0.2) is 4.39 Å². The van der Waals surface area contributed by atoms with Crippen LogP contribution < -0.4 is 4.74 Å². The van der Waals surface area contributed by atoms with E-state index in [0.717, 1.165) is 15.2 Å². The molecule has 0 radical (unpaired) electrons. The van der Waals surface area contributed by atoms with Crippen LogP contribution in [0.5, 0.6) is 5.75 Å². The van der Waals surface area contributed by atoms with Crippen molar-refractivity contribution in [2.24, 2.45) is 0 Å². The first-order valence-corrected chi connectivity index (χ1v) is 7.55. The molecule has 0 spiro atoms. The summed E-state index contributed by atoms with van der Waals surface area (Å²) in [5, 5.41) is 2.69. The predicted molar refractivity (Wildman–Crippen MR) is 87.4 cm³/mol. The third kappa shape index (κ3) is 3.36. The van der Waals surface area contributed by atoms with Gasteiger partial charge < -0.3 is 4.74 Å². The van der Waals surface area contributed by atoms with Crippen molar-refractivity contribution in [3.8, 4) is 5.75 Å². The summed E-state index contributed by atoms with van der Waals surface area (Å²) in [7, 11) is 0. The molecule has 0 amide bonds. The van der Waals surface area contributed by atoms with Gasteiger partial charge in [-0.3, -0.25) is 0 Å². The zero-order chi connectivity index (χ0) is 14.8. The van der Waals surface area contributed by atoms with Crippen LogP contribution in [-0.4, -0.2) is 0 Å². The summed E-state index contributed by atoms with van der Waals surface area (Å²) in [4.78, 5) is 0. The van der Waals surface area contributed by atoms with Crippen molar-refractivity contribution in [2.45, 2.75) is 6.61 Å². The van der Waals surface area contributed by atoms with E-state index < -0.39 is 0 Å². The van der Waals surface area contributed by atoms with E-state index in [1.165, 1.54) is 12.1 Å². The highest BCUT2D eigenvalue weighted by molar-refractivity contribution is 9.10. The predicted octanol–water partition coefficient (Wildman–Crippen LogP) is 5.97. The maximum absolute atomic E-state index is 13.6. The molecular formula is C17H11BrClFO. The number of hydrogen-bond acceptors (Lipinski definition) is 1. The summed E-state index contributed by atoms with van der Waals surface area (Å²) in [6.07, 6.45) is 0. The number of fused-ring (bicyclic) bond motifs is 1. The van der Waals surface area contributed by atoms with E-state index in [9.17, 15) is 4.39 Å². The average Bonchev–Trinajstić information content (AvgIpc) is 2.48. The molecule has 0 heterocycles. The number of hydrogen-bond donors (Lipinski definition) is 0. The van der Waals surface area contributed by atoms with Gasteiger partial charge in [0, 0.05) is 15.1 Å². The Morgan fingerprint density at radius 3 is 2.57 bits per heavy atom. The molecule has 21 heavy (non-hydrogen) atoms. The SMILES string of the molecule is Fc1ccc(Cl)cc1COc1ccc2cc(Br)ccc2c1.